The van der Waals surface area contributed by atoms with Gasteiger partial charge in [0, 0.05) is 37.0 Å². The number of aliphatic hydroxyl groups is 1. The van der Waals surface area contributed by atoms with Crippen molar-refractivity contribution in [3.8, 4) is 0 Å². The van der Waals surface area contributed by atoms with Crippen molar-refractivity contribution in [2.75, 3.05) is 7.11 Å². The Hall–Kier alpha value is -3.89. The van der Waals surface area contributed by atoms with E-state index in [0.717, 1.165) is 38.2 Å². The Kier molecular flexibility index (Phi) is 14.6. The predicted octanol–water partition coefficient (Wildman–Crippen LogP) is 4.26. The number of esters is 1. The van der Waals surface area contributed by atoms with Gasteiger partial charge >= 0.3 is 5.97 Å². The molecule has 10 nitrogen and oxygen atoms in total. The van der Waals surface area contributed by atoms with Crippen molar-refractivity contribution >= 4 is 29.4 Å². The standard InChI is InChI=1S/C36H48N2O8/c1-23-14-13-17-27-20-28(39)21-30(34(27)42)38-32(40)22-29(45-4)18-11-6-5-7-12-19-31(24(2)33(23)41)46-36(44)25(3)37-35(43)26-15-9-8-10-16-26/h5-7,11-12,14,18,20-21,24-26,29,31,33,41H,8-10,13,15-17,19,22H2,1-4H3,(H,37,43)(H,38,40)/b6-5+,12-7+,18-11-,23-14+/t24?,25-,29?,31?,33?/m1/s1. The molecular weight excluding hydrogens is 588 g/mol. The fourth-order valence-electron chi connectivity index (χ4n) is 5.73. The number of hydrogen-bond donors (Lipinski definition) is 3. The average molecular weight is 637 g/mol. The lowest BCUT2D eigenvalue weighted by atomic mass is 9.88. The first-order chi connectivity index (χ1) is 22.0. The van der Waals surface area contributed by atoms with Crippen molar-refractivity contribution in [3.63, 3.8) is 0 Å². The van der Waals surface area contributed by atoms with Gasteiger partial charge in [0.05, 0.1) is 24.3 Å². The van der Waals surface area contributed by atoms with Crippen LogP contribution in [0.2, 0.25) is 0 Å². The minimum Gasteiger partial charge on any atom is -0.460 e. The Labute approximate surface area is 271 Å². The molecule has 3 rings (SSSR count). The van der Waals surface area contributed by atoms with Crippen molar-refractivity contribution in [1.82, 2.24) is 10.6 Å². The number of fused-ring (bicyclic) bond motifs is 2. The van der Waals surface area contributed by atoms with E-state index in [1.54, 1.807) is 57.2 Å². The average Bonchev–Trinajstić information content (AvgIpc) is 3.04. The number of ketones is 2. The highest BCUT2D eigenvalue weighted by molar-refractivity contribution is 6.21. The van der Waals surface area contributed by atoms with Gasteiger partial charge in [0.15, 0.2) is 5.78 Å². The molecule has 3 aliphatic rings. The van der Waals surface area contributed by atoms with E-state index in [-0.39, 0.29) is 35.9 Å². The smallest absolute Gasteiger partial charge is 0.328 e. The maximum absolute atomic E-state index is 13.1. The summed E-state index contributed by atoms with van der Waals surface area (Å²) in [6.45, 7) is 5.16. The highest BCUT2D eigenvalue weighted by Crippen LogP contribution is 2.25. The fraction of sp³-hybridized carbons (Fsp3) is 0.528. The second-order valence-electron chi connectivity index (χ2n) is 12.3. The monoisotopic (exact) mass is 636 g/mol. The quantitative estimate of drug-likeness (QED) is 0.230. The summed E-state index contributed by atoms with van der Waals surface area (Å²) in [7, 11) is 1.47. The molecule has 5 atom stereocenters. The minimum atomic E-state index is -0.968. The zero-order chi connectivity index (χ0) is 33.6. The van der Waals surface area contributed by atoms with Gasteiger partial charge in [-0.15, -0.1) is 0 Å². The number of nitrogens with one attached hydrogen (secondary N) is 2. The normalized spacial score (nSPS) is 29.8. The first-order valence-electron chi connectivity index (χ1n) is 16.2. The van der Waals surface area contributed by atoms with Gasteiger partial charge in [-0.3, -0.25) is 19.2 Å². The number of ether oxygens (including phenoxy) is 2. The number of carbonyl (C=O) groups excluding carboxylic acids is 5. The molecule has 2 amide bonds. The molecule has 1 aliphatic heterocycles. The molecule has 2 bridgehead atoms. The summed E-state index contributed by atoms with van der Waals surface area (Å²) in [4.78, 5) is 63.8. The molecule has 0 aromatic carbocycles. The van der Waals surface area contributed by atoms with Gasteiger partial charge in [0.25, 0.3) is 0 Å². The largest absolute Gasteiger partial charge is 0.460 e. The van der Waals surface area contributed by atoms with Crippen LogP contribution in [0.15, 0.2) is 71.5 Å². The zero-order valence-corrected chi connectivity index (χ0v) is 27.3. The van der Waals surface area contributed by atoms with Gasteiger partial charge in [-0.1, -0.05) is 68.7 Å². The first kappa shape index (κ1) is 36.6. The van der Waals surface area contributed by atoms with Crippen molar-refractivity contribution in [2.24, 2.45) is 11.8 Å². The van der Waals surface area contributed by atoms with Crippen LogP contribution in [0, 0.1) is 11.8 Å². The van der Waals surface area contributed by atoms with E-state index in [2.05, 4.69) is 10.6 Å². The van der Waals surface area contributed by atoms with Gasteiger partial charge in [-0.25, -0.2) is 4.79 Å². The van der Waals surface area contributed by atoms with Crippen LogP contribution in [0.5, 0.6) is 0 Å². The summed E-state index contributed by atoms with van der Waals surface area (Å²) in [5, 5.41) is 16.6. The molecule has 4 unspecified atom stereocenters. The van der Waals surface area contributed by atoms with E-state index < -0.39 is 53.7 Å². The SMILES string of the molecule is COC1\C=C/C=C/C=C/CC(OC(=O)[C@@H](C)NC(=O)C2CCCCC2)C(C)C(O)/C(C)=C/CCC2=CC(=O)C=C(NC(=O)C1)C2=O. The molecule has 1 fully saturated rings. The molecular formula is C36H48N2O8. The van der Waals surface area contributed by atoms with Gasteiger partial charge in [-0.2, -0.15) is 0 Å². The second-order valence-corrected chi connectivity index (χ2v) is 12.3. The minimum absolute atomic E-state index is 0.0567. The zero-order valence-electron chi connectivity index (χ0n) is 27.3. The fourth-order valence-corrected chi connectivity index (χ4v) is 5.73. The van der Waals surface area contributed by atoms with Crippen LogP contribution in [0.25, 0.3) is 0 Å². The molecule has 3 N–H and O–H groups in total. The summed E-state index contributed by atoms with van der Waals surface area (Å²) >= 11 is 0. The van der Waals surface area contributed by atoms with Crippen molar-refractivity contribution in [3.05, 3.63) is 71.5 Å². The van der Waals surface area contributed by atoms with E-state index in [1.165, 1.54) is 13.2 Å². The Balaban J connectivity index is 1.79. The molecule has 10 heteroatoms. The molecule has 0 spiro atoms. The third-order valence-electron chi connectivity index (χ3n) is 8.65. The van der Waals surface area contributed by atoms with Crippen molar-refractivity contribution in [1.29, 1.82) is 0 Å². The summed E-state index contributed by atoms with van der Waals surface area (Å²) in [6.07, 6.45) is 18.1. The lowest BCUT2D eigenvalue weighted by molar-refractivity contribution is -0.156. The van der Waals surface area contributed by atoms with E-state index in [1.807, 2.05) is 6.08 Å². The molecule has 1 heterocycles. The third-order valence-corrected chi connectivity index (χ3v) is 8.65. The van der Waals surface area contributed by atoms with Crippen LogP contribution < -0.4 is 10.6 Å². The van der Waals surface area contributed by atoms with Crippen LogP contribution >= 0.6 is 0 Å². The van der Waals surface area contributed by atoms with Crippen LogP contribution in [0.4, 0.5) is 0 Å². The highest BCUT2D eigenvalue weighted by atomic mass is 16.5. The van der Waals surface area contributed by atoms with Crippen LogP contribution in [-0.4, -0.2) is 65.9 Å². The van der Waals surface area contributed by atoms with E-state index in [9.17, 15) is 29.1 Å². The topological polar surface area (TPSA) is 148 Å². The molecule has 0 aromatic heterocycles. The Morgan fingerprint density at radius 2 is 1.76 bits per heavy atom. The molecule has 2 aliphatic carbocycles. The summed E-state index contributed by atoms with van der Waals surface area (Å²) in [5.74, 6) is -2.59. The van der Waals surface area contributed by atoms with Gasteiger partial charge in [0.2, 0.25) is 17.6 Å². The van der Waals surface area contributed by atoms with Crippen LogP contribution in [-0.2, 0) is 33.4 Å². The van der Waals surface area contributed by atoms with E-state index in [4.69, 9.17) is 9.47 Å². The van der Waals surface area contributed by atoms with Gasteiger partial charge in [0.1, 0.15) is 12.1 Å². The summed E-state index contributed by atoms with van der Waals surface area (Å²) in [6, 6.07) is -0.840. The lowest BCUT2D eigenvalue weighted by Crippen LogP contribution is -2.45. The maximum Gasteiger partial charge on any atom is 0.328 e. The third kappa shape index (κ3) is 11.2. The number of allylic oxidation sites excluding steroid dienone is 8. The van der Waals surface area contributed by atoms with Crippen LogP contribution in [0.1, 0.15) is 78.6 Å². The molecule has 0 radical (unpaired) electrons. The molecule has 250 valence electrons. The molecule has 46 heavy (non-hydrogen) atoms. The Morgan fingerprint density at radius 1 is 1.04 bits per heavy atom. The number of rotatable bonds is 5. The number of Topliss-reactive ketones (excluding diaryl/α,β-unsaturated/α-hetero) is 1. The molecule has 0 saturated heterocycles. The van der Waals surface area contributed by atoms with Crippen molar-refractivity contribution < 1.29 is 38.6 Å². The molecule has 1 saturated carbocycles. The first-order valence-corrected chi connectivity index (χ1v) is 16.2. The van der Waals surface area contributed by atoms with E-state index >= 15 is 0 Å². The summed E-state index contributed by atoms with van der Waals surface area (Å²) < 4.78 is 11.3. The highest BCUT2D eigenvalue weighted by Gasteiger charge is 2.31. The van der Waals surface area contributed by atoms with E-state index in [0.29, 0.717) is 18.4 Å². The van der Waals surface area contributed by atoms with Crippen LogP contribution in [0.3, 0.4) is 0 Å². The predicted molar refractivity (Wildman–Crippen MR) is 174 cm³/mol. The Morgan fingerprint density at radius 3 is 2.48 bits per heavy atom. The lowest BCUT2D eigenvalue weighted by Gasteiger charge is -2.29. The maximum atomic E-state index is 13.1. The number of methoxy groups -OCH3 is 1. The Bertz CT molecular complexity index is 1310. The number of carbonyl (C=O) groups is 5. The summed E-state index contributed by atoms with van der Waals surface area (Å²) in [5.41, 5.74) is 0.803. The van der Waals surface area contributed by atoms with Gasteiger partial charge < -0.3 is 25.2 Å². The number of hydrogen-bond acceptors (Lipinski definition) is 8. The number of aliphatic hydroxyl groups excluding tert-OH is 1. The van der Waals surface area contributed by atoms with Gasteiger partial charge in [-0.05, 0) is 51.2 Å². The van der Waals surface area contributed by atoms with Crippen molar-refractivity contribution in [2.45, 2.75) is 103 Å². The molecule has 0 aromatic rings. The second kappa shape index (κ2) is 18.3. The number of amides is 2.